The molecule has 0 spiro atoms. The Morgan fingerprint density at radius 1 is 1.19 bits per heavy atom. The van der Waals surface area contributed by atoms with E-state index < -0.39 is 0 Å². The van der Waals surface area contributed by atoms with E-state index in [-0.39, 0.29) is 5.91 Å². The first-order valence-electron chi connectivity index (χ1n) is 8.55. The van der Waals surface area contributed by atoms with Crippen LogP contribution in [0.25, 0.3) is 22.6 Å². The van der Waals surface area contributed by atoms with Crippen LogP contribution in [0.1, 0.15) is 11.1 Å². The first kappa shape index (κ1) is 16.8. The highest BCUT2D eigenvalue weighted by molar-refractivity contribution is 6.35. The number of guanidine groups is 1. The Labute approximate surface area is 157 Å². The van der Waals surface area contributed by atoms with Gasteiger partial charge in [-0.3, -0.25) is 9.78 Å². The molecule has 1 amide bonds. The molecule has 0 atom stereocenters. The van der Waals surface area contributed by atoms with Gasteiger partial charge >= 0.3 is 0 Å². The first-order valence-corrected chi connectivity index (χ1v) is 8.55. The largest absolute Gasteiger partial charge is 0.370 e. The average molecular weight is 357 g/mol. The van der Waals surface area contributed by atoms with E-state index in [1.54, 1.807) is 11.1 Å². The second kappa shape index (κ2) is 6.57. The van der Waals surface area contributed by atoms with Gasteiger partial charge in [0.15, 0.2) is 5.96 Å². The van der Waals surface area contributed by atoms with E-state index in [1.807, 2.05) is 68.7 Å². The van der Waals surface area contributed by atoms with Crippen LogP contribution in [0.3, 0.4) is 0 Å². The molecule has 3 aromatic rings. The van der Waals surface area contributed by atoms with Crippen molar-refractivity contribution in [3.63, 3.8) is 0 Å². The number of benzene rings is 2. The summed E-state index contributed by atoms with van der Waals surface area (Å²) in [6.07, 6.45) is 3.65. The first-order chi connectivity index (χ1) is 13.0. The number of amides is 1. The molecule has 0 radical (unpaired) electrons. The van der Waals surface area contributed by atoms with Gasteiger partial charge in [-0.05, 0) is 42.0 Å². The van der Waals surface area contributed by atoms with Gasteiger partial charge < -0.3 is 16.0 Å². The number of rotatable bonds is 2. The lowest BCUT2D eigenvalue weighted by Gasteiger charge is -2.10. The third kappa shape index (κ3) is 3.13. The standard InChI is InChI=1S/C21H19N5O/c1-26(2)21(22)24-14-7-8-19-16(12-14)17(20(27)25-19)11-13-9-10-23-18-6-4-3-5-15(13)18/h3-12H,1-2H3,(H2,22,24)(H,25,27). The number of pyridine rings is 1. The number of nitrogens with one attached hydrogen (secondary N) is 1. The molecule has 0 fully saturated rings. The third-order valence-corrected chi connectivity index (χ3v) is 4.47. The maximum Gasteiger partial charge on any atom is 0.256 e. The lowest BCUT2D eigenvalue weighted by atomic mass is 10.0. The van der Waals surface area contributed by atoms with E-state index in [0.29, 0.717) is 17.2 Å². The van der Waals surface area contributed by atoms with Crippen LogP contribution in [0.2, 0.25) is 0 Å². The smallest absolute Gasteiger partial charge is 0.256 e. The second-order valence-electron chi connectivity index (χ2n) is 6.52. The molecule has 0 saturated heterocycles. The molecule has 0 bridgehead atoms. The fourth-order valence-corrected chi connectivity index (χ4v) is 3.02. The Morgan fingerprint density at radius 3 is 2.81 bits per heavy atom. The number of carbonyl (C=O) groups is 1. The number of carbonyl (C=O) groups excluding carboxylic acids is 1. The summed E-state index contributed by atoms with van der Waals surface area (Å²) in [6, 6.07) is 15.3. The number of fused-ring (bicyclic) bond motifs is 2. The van der Waals surface area contributed by atoms with Crippen LogP contribution in [0, 0.1) is 0 Å². The maximum absolute atomic E-state index is 12.5. The lowest BCUT2D eigenvalue weighted by Crippen LogP contribution is -2.29. The van der Waals surface area contributed by atoms with Crippen LogP contribution in [0.15, 0.2) is 59.7 Å². The molecule has 6 nitrogen and oxygen atoms in total. The van der Waals surface area contributed by atoms with Gasteiger partial charge in [-0.15, -0.1) is 0 Å². The van der Waals surface area contributed by atoms with Crippen LogP contribution in [0.4, 0.5) is 11.4 Å². The summed E-state index contributed by atoms with van der Waals surface area (Å²) in [5.41, 5.74) is 10.6. The third-order valence-electron chi connectivity index (χ3n) is 4.47. The molecular formula is C21H19N5O. The van der Waals surface area contributed by atoms with Crippen molar-refractivity contribution < 1.29 is 4.79 Å². The molecule has 1 aliphatic heterocycles. The molecule has 4 rings (SSSR count). The number of hydrogen-bond acceptors (Lipinski definition) is 3. The molecule has 134 valence electrons. The topological polar surface area (TPSA) is 83.6 Å². The van der Waals surface area contributed by atoms with E-state index in [2.05, 4.69) is 15.3 Å². The van der Waals surface area contributed by atoms with E-state index in [0.717, 1.165) is 27.7 Å². The van der Waals surface area contributed by atoms with Gasteiger partial charge in [-0.2, -0.15) is 0 Å². The highest BCUT2D eigenvalue weighted by atomic mass is 16.2. The van der Waals surface area contributed by atoms with Crippen LogP contribution in [0.5, 0.6) is 0 Å². The monoisotopic (exact) mass is 357 g/mol. The summed E-state index contributed by atoms with van der Waals surface area (Å²) < 4.78 is 0. The Hall–Kier alpha value is -3.67. The second-order valence-corrected chi connectivity index (χ2v) is 6.52. The molecule has 3 N–H and O–H groups in total. The Bertz CT molecular complexity index is 1110. The quantitative estimate of drug-likeness (QED) is 0.419. The Balaban J connectivity index is 1.83. The van der Waals surface area contributed by atoms with Crippen molar-refractivity contribution in [1.29, 1.82) is 0 Å². The van der Waals surface area contributed by atoms with E-state index in [1.165, 1.54) is 0 Å². The maximum atomic E-state index is 12.5. The number of hydrogen-bond donors (Lipinski definition) is 2. The van der Waals surface area contributed by atoms with Gasteiger partial charge in [-0.1, -0.05) is 18.2 Å². The zero-order valence-corrected chi connectivity index (χ0v) is 15.1. The SMILES string of the molecule is CN(C)C(N)=Nc1ccc2c(c1)C(=Cc1ccnc3ccccc13)C(=O)N2. The summed E-state index contributed by atoms with van der Waals surface area (Å²) >= 11 is 0. The number of aliphatic imine (C=N–C) groups is 1. The summed E-state index contributed by atoms with van der Waals surface area (Å²) in [5, 5.41) is 3.91. The average Bonchev–Trinajstić information content (AvgIpc) is 2.97. The van der Waals surface area contributed by atoms with Gasteiger partial charge in [0, 0.05) is 42.5 Å². The molecule has 2 heterocycles. The van der Waals surface area contributed by atoms with Crippen molar-refractivity contribution in [2.75, 3.05) is 19.4 Å². The summed E-state index contributed by atoms with van der Waals surface area (Å²) in [6.45, 7) is 0. The summed E-state index contributed by atoms with van der Waals surface area (Å²) in [5.74, 6) is 0.269. The van der Waals surface area contributed by atoms with Gasteiger partial charge in [-0.25, -0.2) is 4.99 Å². The fourth-order valence-electron chi connectivity index (χ4n) is 3.02. The number of nitrogens with two attached hydrogens (primary N) is 1. The minimum atomic E-state index is -0.132. The predicted molar refractivity (Wildman–Crippen MR) is 110 cm³/mol. The van der Waals surface area contributed by atoms with E-state index in [4.69, 9.17) is 5.73 Å². The molecule has 0 saturated carbocycles. The highest BCUT2D eigenvalue weighted by Gasteiger charge is 2.24. The van der Waals surface area contributed by atoms with Gasteiger partial charge in [0.2, 0.25) is 0 Å². The normalized spacial score (nSPS) is 15.1. The van der Waals surface area contributed by atoms with Crippen molar-refractivity contribution in [3.8, 4) is 0 Å². The van der Waals surface area contributed by atoms with Crippen molar-refractivity contribution in [1.82, 2.24) is 9.88 Å². The van der Waals surface area contributed by atoms with E-state index >= 15 is 0 Å². The minimum absolute atomic E-state index is 0.132. The van der Waals surface area contributed by atoms with Crippen LogP contribution < -0.4 is 11.1 Å². The fraction of sp³-hybridized carbons (Fsp3) is 0.0952. The van der Waals surface area contributed by atoms with Crippen molar-refractivity contribution in [3.05, 3.63) is 65.9 Å². The number of anilines is 1. The number of nitrogens with zero attached hydrogens (tertiary/aromatic N) is 3. The van der Waals surface area contributed by atoms with Crippen LogP contribution in [-0.4, -0.2) is 35.8 Å². The predicted octanol–water partition coefficient (Wildman–Crippen LogP) is 3.24. The van der Waals surface area contributed by atoms with Crippen molar-refractivity contribution >= 4 is 45.8 Å². The number of para-hydroxylation sites is 1. The molecule has 6 heteroatoms. The lowest BCUT2D eigenvalue weighted by molar-refractivity contribution is -0.110. The highest BCUT2D eigenvalue weighted by Crippen LogP contribution is 2.36. The minimum Gasteiger partial charge on any atom is -0.370 e. The Kier molecular flexibility index (Phi) is 4.08. The summed E-state index contributed by atoms with van der Waals surface area (Å²) in [4.78, 5) is 23.1. The van der Waals surface area contributed by atoms with Crippen LogP contribution >= 0.6 is 0 Å². The van der Waals surface area contributed by atoms with Gasteiger partial charge in [0.05, 0.1) is 11.2 Å². The molecule has 1 aliphatic rings. The van der Waals surface area contributed by atoms with Crippen LogP contribution in [-0.2, 0) is 4.79 Å². The molecule has 2 aromatic carbocycles. The molecule has 27 heavy (non-hydrogen) atoms. The van der Waals surface area contributed by atoms with Crippen molar-refractivity contribution in [2.24, 2.45) is 10.7 Å². The summed E-state index contributed by atoms with van der Waals surface area (Å²) in [7, 11) is 3.66. The van der Waals surface area contributed by atoms with E-state index in [9.17, 15) is 4.79 Å². The van der Waals surface area contributed by atoms with Crippen molar-refractivity contribution in [2.45, 2.75) is 0 Å². The van der Waals surface area contributed by atoms with Gasteiger partial charge in [0.25, 0.3) is 5.91 Å². The van der Waals surface area contributed by atoms with Gasteiger partial charge in [0.1, 0.15) is 0 Å². The molecule has 0 unspecified atom stereocenters. The molecule has 1 aromatic heterocycles. The zero-order valence-electron chi connectivity index (χ0n) is 15.1. The molecule has 0 aliphatic carbocycles. The zero-order chi connectivity index (χ0) is 19.0. The number of aromatic nitrogens is 1. The Morgan fingerprint density at radius 2 is 2.00 bits per heavy atom. The molecular weight excluding hydrogens is 338 g/mol.